The molecule has 0 aromatic carbocycles. The maximum atomic E-state index is 5.12. The van der Waals surface area contributed by atoms with Gasteiger partial charge in [-0.25, -0.2) is 0 Å². The average Bonchev–Trinajstić information content (AvgIpc) is 1.83. The van der Waals surface area contributed by atoms with Crippen LogP contribution in [0.25, 0.3) is 0 Å². The summed E-state index contributed by atoms with van der Waals surface area (Å²) in [7, 11) is 0. The third-order valence-corrected chi connectivity index (χ3v) is 4.13. The Bertz CT molecular complexity index is 121. The SMILES string of the molecule is C[C@@H]1C(=S)SCCC1S. The minimum Gasteiger partial charge on any atom is -0.175 e. The normalized spacial score (nSPS) is 36.9. The summed E-state index contributed by atoms with van der Waals surface area (Å²) in [6.07, 6.45) is 1.20. The predicted octanol–water partition coefficient (Wildman–Crippen LogP) is 2.39. The van der Waals surface area contributed by atoms with Gasteiger partial charge in [-0.15, -0.1) is 11.8 Å². The van der Waals surface area contributed by atoms with Crippen LogP contribution in [0.2, 0.25) is 0 Å². The molecule has 0 N–H and O–H groups in total. The lowest BCUT2D eigenvalue weighted by atomic mass is 10.1. The fraction of sp³-hybridized carbons (Fsp3) is 0.833. The molecule has 0 radical (unpaired) electrons. The van der Waals surface area contributed by atoms with Crippen molar-refractivity contribution >= 4 is 40.8 Å². The molecule has 1 saturated heterocycles. The van der Waals surface area contributed by atoms with E-state index in [-0.39, 0.29) is 0 Å². The van der Waals surface area contributed by atoms with Crippen LogP contribution >= 0.6 is 36.6 Å². The zero-order valence-corrected chi connectivity index (χ0v) is 7.86. The lowest BCUT2D eigenvalue weighted by Crippen LogP contribution is -2.23. The first kappa shape index (κ1) is 7.89. The van der Waals surface area contributed by atoms with Crippen molar-refractivity contribution < 1.29 is 0 Å². The van der Waals surface area contributed by atoms with E-state index in [1.54, 1.807) is 0 Å². The van der Waals surface area contributed by atoms with Gasteiger partial charge < -0.3 is 0 Å². The number of thiol groups is 1. The molecule has 52 valence electrons. The van der Waals surface area contributed by atoms with E-state index in [1.165, 1.54) is 6.42 Å². The Kier molecular flexibility index (Phi) is 2.86. The zero-order chi connectivity index (χ0) is 6.85. The van der Waals surface area contributed by atoms with Crippen LogP contribution in [0.4, 0.5) is 0 Å². The molecular weight excluding hydrogens is 168 g/mol. The molecule has 3 heteroatoms. The molecule has 1 aliphatic rings. The van der Waals surface area contributed by atoms with Gasteiger partial charge in [0, 0.05) is 11.2 Å². The second kappa shape index (κ2) is 3.26. The van der Waals surface area contributed by atoms with Gasteiger partial charge in [-0.2, -0.15) is 12.6 Å². The summed E-state index contributed by atoms with van der Waals surface area (Å²) in [4.78, 5) is 0. The molecule has 9 heavy (non-hydrogen) atoms. The van der Waals surface area contributed by atoms with Crippen molar-refractivity contribution in [3.8, 4) is 0 Å². The molecule has 0 aliphatic carbocycles. The molecule has 1 unspecified atom stereocenters. The van der Waals surface area contributed by atoms with Gasteiger partial charge in [0.05, 0.1) is 4.20 Å². The van der Waals surface area contributed by atoms with Gasteiger partial charge >= 0.3 is 0 Å². The maximum absolute atomic E-state index is 5.12. The first-order valence-corrected chi connectivity index (χ1v) is 4.97. The molecule has 1 heterocycles. The summed E-state index contributed by atoms with van der Waals surface area (Å²) in [5.74, 6) is 1.69. The van der Waals surface area contributed by atoms with E-state index in [9.17, 15) is 0 Å². The highest BCUT2D eigenvalue weighted by Gasteiger charge is 2.22. The van der Waals surface area contributed by atoms with Crippen LogP contribution in [0.3, 0.4) is 0 Å². The summed E-state index contributed by atoms with van der Waals surface area (Å²) >= 11 is 11.3. The van der Waals surface area contributed by atoms with E-state index in [4.69, 9.17) is 12.2 Å². The van der Waals surface area contributed by atoms with Crippen molar-refractivity contribution in [2.24, 2.45) is 5.92 Å². The van der Waals surface area contributed by atoms with Crippen LogP contribution < -0.4 is 0 Å². The molecule has 0 aromatic rings. The van der Waals surface area contributed by atoms with E-state index >= 15 is 0 Å². The van der Waals surface area contributed by atoms with Gasteiger partial charge in [-0.1, -0.05) is 19.1 Å². The Morgan fingerprint density at radius 2 is 2.44 bits per heavy atom. The highest BCUT2D eigenvalue weighted by Crippen LogP contribution is 2.29. The standard InChI is InChI=1S/C6H10S3/c1-4-5(7)2-3-9-6(4)8/h4-5,7H,2-3H2,1H3/t4-,5?/m0/s1. The topological polar surface area (TPSA) is 0 Å². The minimum atomic E-state index is 0.513. The van der Waals surface area contributed by atoms with Crippen molar-refractivity contribution in [1.29, 1.82) is 0 Å². The van der Waals surface area contributed by atoms with Gasteiger partial charge in [0.1, 0.15) is 0 Å². The molecular formula is C6H10S3. The van der Waals surface area contributed by atoms with Crippen molar-refractivity contribution in [2.45, 2.75) is 18.6 Å². The highest BCUT2D eigenvalue weighted by molar-refractivity contribution is 8.23. The lowest BCUT2D eigenvalue weighted by Gasteiger charge is -2.24. The Balaban J connectivity index is 2.51. The van der Waals surface area contributed by atoms with E-state index in [0.717, 1.165) is 9.95 Å². The molecule has 0 aromatic heterocycles. The molecule has 0 bridgehead atoms. The summed E-state index contributed by atoms with van der Waals surface area (Å²) in [6, 6.07) is 0. The summed E-state index contributed by atoms with van der Waals surface area (Å²) in [6.45, 7) is 2.16. The number of rotatable bonds is 0. The fourth-order valence-corrected chi connectivity index (χ4v) is 2.89. The number of thiocarbonyl (C=S) groups is 1. The average molecular weight is 178 g/mol. The van der Waals surface area contributed by atoms with Crippen LogP contribution in [0.5, 0.6) is 0 Å². The van der Waals surface area contributed by atoms with Crippen LogP contribution in [-0.4, -0.2) is 15.2 Å². The van der Waals surface area contributed by atoms with Crippen LogP contribution in [-0.2, 0) is 0 Å². The predicted molar refractivity (Wildman–Crippen MR) is 51.6 cm³/mol. The van der Waals surface area contributed by atoms with Crippen molar-refractivity contribution in [1.82, 2.24) is 0 Å². The van der Waals surface area contributed by atoms with Crippen LogP contribution in [0.15, 0.2) is 0 Å². The molecule has 1 rings (SSSR count). The van der Waals surface area contributed by atoms with E-state index in [1.807, 2.05) is 11.8 Å². The monoisotopic (exact) mass is 178 g/mol. The summed E-state index contributed by atoms with van der Waals surface area (Å²) < 4.78 is 1.14. The Labute approximate surface area is 71.2 Å². The quantitative estimate of drug-likeness (QED) is 0.447. The minimum absolute atomic E-state index is 0.513. The largest absolute Gasteiger partial charge is 0.175 e. The summed E-state index contributed by atoms with van der Waals surface area (Å²) in [5, 5.41) is 0.513. The second-order valence-corrected chi connectivity index (χ2v) is 4.81. The van der Waals surface area contributed by atoms with Gasteiger partial charge in [0.15, 0.2) is 0 Å². The Hall–Kier alpha value is 0.790. The first-order valence-electron chi connectivity index (χ1n) is 3.06. The molecule has 2 atom stereocenters. The number of hydrogen-bond donors (Lipinski definition) is 1. The van der Waals surface area contributed by atoms with Crippen LogP contribution in [0, 0.1) is 5.92 Å². The van der Waals surface area contributed by atoms with E-state index < -0.39 is 0 Å². The molecule has 0 spiro atoms. The third-order valence-electron chi connectivity index (χ3n) is 1.61. The van der Waals surface area contributed by atoms with E-state index in [0.29, 0.717) is 11.2 Å². The van der Waals surface area contributed by atoms with E-state index in [2.05, 4.69) is 19.6 Å². The Morgan fingerprint density at radius 3 is 2.89 bits per heavy atom. The van der Waals surface area contributed by atoms with Gasteiger partial charge in [0.2, 0.25) is 0 Å². The fourth-order valence-electron chi connectivity index (χ4n) is 0.819. The van der Waals surface area contributed by atoms with Gasteiger partial charge in [0.25, 0.3) is 0 Å². The van der Waals surface area contributed by atoms with Gasteiger partial charge in [-0.3, -0.25) is 0 Å². The molecule has 0 saturated carbocycles. The van der Waals surface area contributed by atoms with Gasteiger partial charge in [-0.05, 0) is 12.2 Å². The van der Waals surface area contributed by atoms with Crippen molar-refractivity contribution in [3.05, 3.63) is 0 Å². The molecule has 1 fully saturated rings. The smallest absolute Gasteiger partial charge is 0.0517 e. The highest BCUT2D eigenvalue weighted by atomic mass is 32.2. The summed E-state index contributed by atoms with van der Waals surface area (Å²) in [5.41, 5.74) is 0. The molecule has 1 aliphatic heterocycles. The maximum Gasteiger partial charge on any atom is 0.0517 e. The molecule has 0 amide bonds. The lowest BCUT2D eigenvalue weighted by molar-refractivity contribution is 0.701. The number of thioether (sulfide) groups is 1. The van der Waals surface area contributed by atoms with Crippen molar-refractivity contribution in [3.63, 3.8) is 0 Å². The van der Waals surface area contributed by atoms with Crippen molar-refractivity contribution in [2.75, 3.05) is 5.75 Å². The number of hydrogen-bond acceptors (Lipinski definition) is 3. The first-order chi connectivity index (χ1) is 4.22. The third kappa shape index (κ3) is 1.85. The zero-order valence-electron chi connectivity index (χ0n) is 5.33. The van der Waals surface area contributed by atoms with Crippen LogP contribution in [0.1, 0.15) is 13.3 Å². The Morgan fingerprint density at radius 1 is 1.78 bits per heavy atom. The molecule has 0 nitrogen and oxygen atoms in total. The second-order valence-electron chi connectivity index (χ2n) is 2.31.